The van der Waals surface area contributed by atoms with Gasteiger partial charge in [-0.15, -0.1) is 0 Å². The van der Waals surface area contributed by atoms with Gasteiger partial charge in [-0.1, -0.05) is 0 Å². The van der Waals surface area contributed by atoms with Crippen LogP contribution in [0.4, 0.5) is 5.69 Å². The molecule has 1 N–H and O–H groups in total. The van der Waals surface area contributed by atoms with Gasteiger partial charge in [0.15, 0.2) is 0 Å². The Kier molecular flexibility index (Phi) is 3.16. The second-order valence-corrected chi connectivity index (χ2v) is 5.67. The molecule has 0 bridgehead atoms. The Hall–Kier alpha value is -1.60. The molecule has 2 atom stereocenters. The third-order valence-electron chi connectivity index (χ3n) is 4.39. The zero-order chi connectivity index (χ0) is 13.4. The molecule has 2 fully saturated rings. The van der Waals surface area contributed by atoms with Crippen LogP contribution in [-0.4, -0.2) is 35.1 Å². The fourth-order valence-corrected chi connectivity index (χ4v) is 3.53. The second-order valence-electron chi connectivity index (χ2n) is 5.67. The van der Waals surface area contributed by atoms with Gasteiger partial charge in [0.2, 0.25) is 0 Å². The van der Waals surface area contributed by atoms with Crippen LogP contribution < -0.4 is 5.32 Å². The van der Waals surface area contributed by atoms with E-state index in [9.17, 15) is 5.26 Å². The minimum Gasteiger partial charge on any atom is -0.380 e. The van der Waals surface area contributed by atoms with Crippen molar-refractivity contribution in [3.8, 4) is 6.07 Å². The summed E-state index contributed by atoms with van der Waals surface area (Å²) in [6, 6.07) is 5.42. The first-order chi connectivity index (χ1) is 9.19. The number of nitrogens with zero attached hydrogens (tertiary/aromatic N) is 3. The van der Waals surface area contributed by atoms with E-state index in [2.05, 4.69) is 21.3 Å². The number of anilines is 1. The lowest BCUT2D eigenvalue weighted by molar-refractivity contribution is 0.318. The number of aromatic nitrogens is 1. The molecule has 0 radical (unpaired) electrons. The summed E-state index contributed by atoms with van der Waals surface area (Å²) in [4.78, 5) is 6.95. The van der Waals surface area contributed by atoms with Gasteiger partial charge in [0.1, 0.15) is 6.07 Å². The number of fused-ring (bicyclic) bond motifs is 1. The van der Waals surface area contributed by atoms with E-state index < -0.39 is 0 Å². The molecule has 0 spiro atoms. The molecule has 2 aliphatic heterocycles. The lowest BCUT2D eigenvalue weighted by Gasteiger charge is -2.23. The molecule has 0 saturated carbocycles. The highest BCUT2D eigenvalue weighted by atomic mass is 15.2. The summed E-state index contributed by atoms with van der Waals surface area (Å²) in [5.41, 5.74) is 3.46. The number of pyridine rings is 1. The molecule has 100 valence electrons. The molecule has 4 heteroatoms. The minimum atomic E-state index is 0.482. The quantitative estimate of drug-likeness (QED) is 0.881. The number of nitrogens with one attached hydrogen (secondary N) is 1. The zero-order valence-corrected chi connectivity index (χ0v) is 11.6. The van der Waals surface area contributed by atoms with Crippen molar-refractivity contribution in [1.82, 2.24) is 9.88 Å². The Balaban J connectivity index is 1.85. The van der Waals surface area contributed by atoms with Crippen molar-refractivity contribution in [3.63, 3.8) is 0 Å². The second kappa shape index (κ2) is 4.82. The third kappa shape index (κ3) is 2.19. The van der Waals surface area contributed by atoms with Gasteiger partial charge in [-0.05, 0) is 45.7 Å². The van der Waals surface area contributed by atoms with Crippen LogP contribution >= 0.6 is 0 Å². The van der Waals surface area contributed by atoms with E-state index in [0.29, 0.717) is 17.6 Å². The molecule has 3 heterocycles. The van der Waals surface area contributed by atoms with E-state index in [-0.39, 0.29) is 0 Å². The first-order valence-corrected chi connectivity index (χ1v) is 7.08. The van der Waals surface area contributed by atoms with E-state index in [1.807, 2.05) is 19.9 Å². The van der Waals surface area contributed by atoms with Gasteiger partial charge >= 0.3 is 0 Å². The molecule has 0 aliphatic carbocycles. The van der Waals surface area contributed by atoms with Crippen LogP contribution in [0.2, 0.25) is 0 Å². The van der Waals surface area contributed by atoms with E-state index >= 15 is 0 Å². The highest BCUT2D eigenvalue weighted by molar-refractivity contribution is 5.60. The maximum absolute atomic E-state index is 9.31. The summed E-state index contributed by atoms with van der Waals surface area (Å²) >= 11 is 0. The summed E-state index contributed by atoms with van der Waals surface area (Å²) in [6.45, 7) is 6.32. The molecular formula is C15H20N4. The monoisotopic (exact) mass is 256 g/mol. The maximum Gasteiger partial charge on any atom is 0.103 e. The molecule has 19 heavy (non-hydrogen) atoms. The highest BCUT2D eigenvalue weighted by Gasteiger charge is 2.37. The number of hydrogen-bond donors (Lipinski definition) is 1. The van der Waals surface area contributed by atoms with E-state index in [4.69, 9.17) is 0 Å². The average Bonchev–Trinajstić information content (AvgIpc) is 2.93. The first kappa shape index (κ1) is 12.4. The zero-order valence-electron chi connectivity index (χ0n) is 11.6. The first-order valence-electron chi connectivity index (χ1n) is 7.08. The van der Waals surface area contributed by atoms with Crippen molar-refractivity contribution in [1.29, 1.82) is 5.26 Å². The molecule has 0 aromatic carbocycles. The number of hydrogen-bond acceptors (Lipinski definition) is 4. The predicted octanol–water partition coefficient (Wildman–Crippen LogP) is 2.22. The minimum absolute atomic E-state index is 0.482. The van der Waals surface area contributed by atoms with Gasteiger partial charge < -0.3 is 5.32 Å². The normalized spacial score (nSPS) is 26.2. The topological polar surface area (TPSA) is 52.0 Å². The van der Waals surface area contributed by atoms with E-state index in [1.165, 1.54) is 32.4 Å². The van der Waals surface area contributed by atoms with Crippen LogP contribution in [-0.2, 0) is 0 Å². The van der Waals surface area contributed by atoms with Crippen molar-refractivity contribution >= 4 is 5.69 Å². The molecule has 2 saturated heterocycles. The fraction of sp³-hybridized carbons (Fsp3) is 0.600. The lowest BCUT2D eigenvalue weighted by atomic mass is 10.0. The Labute approximate surface area is 114 Å². The molecule has 2 aliphatic rings. The largest absolute Gasteiger partial charge is 0.380 e. The lowest BCUT2D eigenvalue weighted by Crippen LogP contribution is -2.34. The van der Waals surface area contributed by atoms with Crippen LogP contribution in [0.1, 0.15) is 36.2 Å². The molecule has 4 nitrogen and oxygen atoms in total. The van der Waals surface area contributed by atoms with E-state index in [1.54, 1.807) is 0 Å². The van der Waals surface area contributed by atoms with Crippen molar-refractivity contribution in [2.45, 2.75) is 45.2 Å². The van der Waals surface area contributed by atoms with Gasteiger partial charge in [0.05, 0.1) is 16.9 Å². The van der Waals surface area contributed by atoms with Crippen LogP contribution in [0, 0.1) is 25.2 Å². The number of aryl methyl sites for hydroxylation is 2. The van der Waals surface area contributed by atoms with Crippen molar-refractivity contribution in [3.05, 3.63) is 23.0 Å². The summed E-state index contributed by atoms with van der Waals surface area (Å²) in [5, 5.41) is 12.9. The Bertz CT molecular complexity index is 532. The van der Waals surface area contributed by atoms with Crippen LogP contribution in [0.5, 0.6) is 0 Å². The number of nitriles is 1. The summed E-state index contributed by atoms with van der Waals surface area (Å²) in [5.74, 6) is 0. The van der Waals surface area contributed by atoms with Crippen LogP contribution in [0.3, 0.4) is 0 Å². The van der Waals surface area contributed by atoms with Crippen molar-refractivity contribution in [2.24, 2.45) is 0 Å². The maximum atomic E-state index is 9.31. The van der Waals surface area contributed by atoms with Gasteiger partial charge in [0, 0.05) is 24.3 Å². The fourth-order valence-electron chi connectivity index (χ4n) is 3.53. The Morgan fingerprint density at radius 1 is 1.37 bits per heavy atom. The smallest absolute Gasteiger partial charge is 0.103 e. The van der Waals surface area contributed by atoms with Crippen molar-refractivity contribution in [2.75, 3.05) is 18.4 Å². The third-order valence-corrected chi connectivity index (χ3v) is 4.39. The number of rotatable bonds is 2. The van der Waals surface area contributed by atoms with Gasteiger partial charge in [-0.25, -0.2) is 0 Å². The van der Waals surface area contributed by atoms with Crippen LogP contribution in [0.15, 0.2) is 6.07 Å². The molecule has 3 rings (SSSR count). The Morgan fingerprint density at radius 2 is 2.21 bits per heavy atom. The highest BCUT2D eigenvalue weighted by Crippen LogP contribution is 2.31. The van der Waals surface area contributed by atoms with E-state index in [0.717, 1.165) is 17.1 Å². The molecular weight excluding hydrogens is 236 g/mol. The molecule has 0 amide bonds. The Morgan fingerprint density at radius 3 is 3.00 bits per heavy atom. The van der Waals surface area contributed by atoms with Gasteiger partial charge in [-0.2, -0.15) is 5.26 Å². The predicted molar refractivity (Wildman–Crippen MR) is 75.0 cm³/mol. The average molecular weight is 256 g/mol. The van der Waals surface area contributed by atoms with Crippen LogP contribution in [0.25, 0.3) is 0 Å². The molecule has 1 aromatic heterocycles. The summed E-state index contributed by atoms with van der Waals surface area (Å²) in [6.07, 6.45) is 3.76. The summed E-state index contributed by atoms with van der Waals surface area (Å²) in [7, 11) is 0. The van der Waals surface area contributed by atoms with Gasteiger partial charge in [-0.3, -0.25) is 9.88 Å². The van der Waals surface area contributed by atoms with Gasteiger partial charge in [0.25, 0.3) is 0 Å². The molecule has 2 unspecified atom stereocenters. The standard InChI is InChI=1S/C15H20N4/c1-10-8-14(12(9-16)11(2)17-10)18-13-5-7-19-6-3-4-15(13)19/h8,13,15H,3-7H2,1-2H3,(H,17,18). The SMILES string of the molecule is Cc1cc(NC2CCN3CCCC23)c(C#N)c(C)n1. The summed E-state index contributed by atoms with van der Waals surface area (Å²) < 4.78 is 0. The van der Waals surface area contributed by atoms with Crippen molar-refractivity contribution < 1.29 is 0 Å². The molecule has 1 aromatic rings.